The van der Waals surface area contributed by atoms with Gasteiger partial charge in [-0.25, -0.2) is 0 Å². The van der Waals surface area contributed by atoms with Crippen LogP contribution >= 0.6 is 0 Å². The molecule has 0 aliphatic carbocycles. The maximum atomic E-state index is 12.5. The number of nitrogens with zero attached hydrogens (tertiary/aromatic N) is 2. The summed E-state index contributed by atoms with van der Waals surface area (Å²) >= 11 is 0. The van der Waals surface area contributed by atoms with Crippen molar-refractivity contribution in [2.24, 2.45) is 0 Å². The summed E-state index contributed by atoms with van der Waals surface area (Å²) in [4.78, 5) is 1.17. The Morgan fingerprint density at radius 2 is 1.80 bits per heavy atom. The molecule has 0 fully saturated rings. The molecule has 0 bridgehead atoms. The molecule has 1 N–H and O–H groups in total. The van der Waals surface area contributed by atoms with Gasteiger partial charge >= 0.3 is 6.18 Å². The molecule has 0 aliphatic rings. The lowest BCUT2D eigenvalue weighted by Crippen LogP contribution is -2.41. The molecule has 0 spiro atoms. The summed E-state index contributed by atoms with van der Waals surface area (Å²) < 4.78 is 37.4. The Morgan fingerprint density at radius 1 is 1.25 bits per heavy atom. The second-order valence-corrected chi connectivity index (χ2v) is 4.89. The lowest BCUT2D eigenvalue weighted by atomic mass is 10.1. The van der Waals surface area contributed by atoms with Crippen LogP contribution in [0.1, 0.15) is 31.1 Å². The Labute approximate surface area is 116 Å². The number of alkyl halides is 3. The van der Waals surface area contributed by atoms with Gasteiger partial charge in [-0.3, -0.25) is 4.90 Å². The van der Waals surface area contributed by atoms with Crippen LogP contribution in [0.3, 0.4) is 0 Å². The monoisotopic (exact) mass is 286 g/mol. The Kier molecular flexibility index (Phi) is 5.54. The molecular weight excluding hydrogens is 269 g/mol. The van der Waals surface area contributed by atoms with Crippen molar-refractivity contribution >= 4 is 0 Å². The molecule has 1 atom stereocenters. The third kappa shape index (κ3) is 5.19. The minimum atomic E-state index is -4.30. The van der Waals surface area contributed by atoms with Crippen molar-refractivity contribution in [3.05, 3.63) is 35.4 Å². The predicted octanol–water partition coefficient (Wildman–Crippen LogP) is 2.86. The fourth-order valence-electron chi connectivity index (χ4n) is 1.80. The van der Waals surface area contributed by atoms with Gasteiger partial charge in [-0.1, -0.05) is 12.1 Å². The highest BCUT2D eigenvalue weighted by atomic mass is 19.4. The molecule has 1 aromatic carbocycles. The van der Waals surface area contributed by atoms with E-state index in [-0.39, 0.29) is 12.6 Å². The van der Waals surface area contributed by atoms with E-state index in [9.17, 15) is 18.3 Å². The number of nitriles is 1. The highest BCUT2D eigenvalue weighted by Gasteiger charge is 2.32. The average Bonchev–Trinajstić information content (AvgIpc) is 2.36. The van der Waals surface area contributed by atoms with Gasteiger partial charge in [0.15, 0.2) is 0 Å². The largest absolute Gasteiger partial charge is 0.401 e. The third-order valence-corrected chi connectivity index (χ3v) is 2.94. The van der Waals surface area contributed by atoms with Crippen LogP contribution in [0.15, 0.2) is 24.3 Å². The molecule has 0 radical (unpaired) electrons. The summed E-state index contributed by atoms with van der Waals surface area (Å²) in [6.45, 7) is 2.13. The Morgan fingerprint density at radius 3 is 2.20 bits per heavy atom. The molecule has 6 heteroatoms. The molecule has 0 amide bonds. The zero-order valence-corrected chi connectivity index (χ0v) is 11.4. The highest BCUT2D eigenvalue weighted by molar-refractivity contribution is 5.32. The first-order valence-corrected chi connectivity index (χ1v) is 6.22. The van der Waals surface area contributed by atoms with Gasteiger partial charge in [0, 0.05) is 12.6 Å². The molecule has 3 nitrogen and oxygen atoms in total. The van der Waals surface area contributed by atoms with Crippen molar-refractivity contribution in [3.63, 3.8) is 0 Å². The lowest BCUT2D eigenvalue weighted by molar-refractivity contribution is -0.152. The van der Waals surface area contributed by atoms with E-state index in [0.29, 0.717) is 11.1 Å². The van der Waals surface area contributed by atoms with E-state index in [1.54, 1.807) is 26.0 Å². The summed E-state index contributed by atoms with van der Waals surface area (Å²) in [5, 5.41) is 18.7. The Hall–Kier alpha value is -1.58. The second kappa shape index (κ2) is 6.73. The van der Waals surface area contributed by atoms with Crippen LogP contribution < -0.4 is 0 Å². The summed E-state index contributed by atoms with van der Waals surface area (Å²) in [5.74, 6) is 0. The zero-order chi connectivity index (χ0) is 15.3. The average molecular weight is 286 g/mol. The van der Waals surface area contributed by atoms with Gasteiger partial charge in [0.05, 0.1) is 24.3 Å². The van der Waals surface area contributed by atoms with E-state index in [1.807, 2.05) is 6.07 Å². The van der Waals surface area contributed by atoms with E-state index in [0.717, 1.165) is 0 Å². The molecule has 0 heterocycles. The lowest BCUT2D eigenvalue weighted by Gasteiger charge is -2.29. The minimum absolute atomic E-state index is 0.108. The molecule has 0 aliphatic heterocycles. The number of hydrogen-bond acceptors (Lipinski definition) is 3. The van der Waals surface area contributed by atoms with Gasteiger partial charge in [0.1, 0.15) is 0 Å². The second-order valence-electron chi connectivity index (χ2n) is 4.89. The fourth-order valence-corrected chi connectivity index (χ4v) is 1.80. The van der Waals surface area contributed by atoms with Crippen LogP contribution in [0.2, 0.25) is 0 Å². The summed E-state index contributed by atoms with van der Waals surface area (Å²) in [7, 11) is 0. The van der Waals surface area contributed by atoms with Crippen LogP contribution in [0.25, 0.3) is 0 Å². The van der Waals surface area contributed by atoms with Crippen molar-refractivity contribution < 1.29 is 18.3 Å². The zero-order valence-electron chi connectivity index (χ0n) is 11.4. The summed E-state index contributed by atoms with van der Waals surface area (Å²) in [6, 6.07) is 7.77. The molecular formula is C14H17F3N2O. The van der Waals surface area contributed by atoms with Crippen molar-refractivity contribution in [1.82, 2.24) is 4.90 Å². The van der Waals surface area contributed by atoms with Crippen LogP contribution in [-0.2, 0) is 0 Å². The Bertz CT molecular complexity index is 463. The third-order valence-electron chi connectivity index (χ3n) is 2.94. The first-order chi connectivity index (χ1) is 9.23. The van der Waals surface area contributed by atoms with Crippen molar-refractivity contribution in [2.45, 2.75) is 32.2 Å². The normalized spacial score (nSPS) is 13.6. The first kappa shape index (κ1) is 16.5. The summed E-state index contributed by atoms with van der Waals surface area (Å²) in [5.41, 5.74) is 0.939. The molecule has 20 heavy (non-hydrogen) atoms. The van der Waals surface area contributed by atoms with Crippen LogP contribution in [0.5, 0.6) is 0 Å². The van der Waals surface area contributed by atoms with Crippen LogP contribution in [0.4, 0.5) is 13.2 Å². The van der Waals surface area contributed by atoms with Gasteiger partial charge in [0.2, 0.25) is 0 Å². The van der Waals surface area contributed by atoms with E-state index in [4.69, 9.17) is 5.26 Å². The summed E-state index contributed by atoms with van der Waals surface area (Å²) in [6.07, 6.45) is -5.32. The van der Waals surface area contributed by atoms with E-state index >= 15 is 0 Å². The topological polar surface area (TPSA) is 47.3 Å². The maximum absolute atomic E-state index is 12.5. The van der Waals surface area contributed by atoms with Crippen molar-refractivity contribution in [3.8, 4) is 6.07 Å². The minimum Gasteiger partial charge on any atom is -0.387 e. The number of aliphatic hydroxyl groups is 1. The van der Waals surface area contributed by atoms with Gasteiger partial charge in [-0.05, 0) is 31.5 Å². The van der Waals surface area contributed by atoms with Gasteiger partial charge in [-0.15, -0.1) is 0 Å². The fraction of sp³-hybridized carbons (Fsp3) is 0.500. The molecule has 0 saturated carbocycles. The van der Waals surface area contributed by atoms with Crippen LogP contribution in [0, 0.1) is 11.3 Å². The van der Waals surface area contributed by atoms with E-state index < -0.39 is 18.8 Å². The van der Waals surface area contributed by atoms with E-state index in [2.05, 4.69) is 0 Å². The predicted molar refractivity (Wildman–Crippen MR) is 68.9 cm³/mol. The molecule has 1 aromatic rings. The number of benzene rings is 1. The molecule has 0 aromatic heterocycles. The standard InChI is InChI=1S/C14H17F3N2O/c1-10(2)19(9-14(15,16)17)8-13(20)12-5-3-11(7-18)4-6-12/h3-6,10,13,20H,8-9H2,1-2H3. The molecule has 110 valence electrons. The van der Waals surface area contributed by atoms with Gasteiger partial charge in [0.25, 0.3) is 0 Å². The number of halogens is 3. The number of aliphatic hydroxyl groups excluding tert-OH is 1. The van der Waals surface area contributed by atoms with Gasteiger partial charge in [-0.2, -0.15) is 18.4 Å². The highest BCUT2D eigenvalue weighted by Crippen LogP contribution is 2.21. The molecule has 1 unspecified atom stereocenters. The van der Waals surface area contributed by atoms with Crippen molar-refractivity contribution in [2.75, 3.05) is 13.1 Å². The first-order valence-electron chi connectivity index (χ1n) is 6.22. The molecule has 0 saturated heterocycles. The van der Waals surface area contributed by atoms with Crippen LogP contribution in [-0.4, -0.2) is 35.3 Å². The number of hydrogen-bond donors (Lipinski definition) is 1. The van der Waals surface area contributed by atoms with Crippen molar-refractivity contribution in [1.29, 1.82) is 5.26 Å². The Balaban J connectivity index is 2.74. The SMILES string of the molecule is CC(C)N(CC(O)c1ccc(C#N)cc1)CC(F)(F)F. The van der Waals surface area contributed by atoms with Gasteiger partial charge < -0.3 is 5.11 Å². The smallest absolute Gasteiger partial charge is 0.387 e. The maximum Gasteiger partial charge on any atom is 0.401 e. The van der Waals surface area contributed by atoms with E-state index in [1.165, 1.54) is 17.0 Å². The number of rotatable bonds is 5. The quantitative estimate of drug-likeness (QED) is 0.905. The molecule has 1 rings (SSSR count).